The molecule has 1 fully saturated rings. The van der Waals surface area contributed by atoms with Crippen LogP contribution in [0, 0.1) is 5.82 Å². The summed E-state index contributed by atoms with van der Waals surface area (Å²) >= 11 is 5.85. The van der Waals surface area contributed by atoms with Crippen LogP contribution in [0.4, 0.5) is 8.28 Å². The van der Waals surface area contributed by atoms with Crippen LogP contribution < -0.4 is 0 Å². The second-order valence-corrected chi connectivity index (χ2v) is 6.34. The van der Waals surface area contributed by atoms with Gasteiger partial charge in [0.05, 0.1) is 0 Å². The van der Waals surface area contributed by atoms with Crippen LogP contribution in [0.3, 0.4) is 0 Å². The Labute approximate surface area is 114 Å². The SMILES string of the molecule is O=C1CC(S(=O)(=O)F)CN1Cc1cc(F)ccc1Cl. The zero-order valence-corrected chi connectivity index (χ0v) is 11.2. The molecule has 0 saturated carbocycles. The van der Waals surface area contributed by atoms with Crippen molar-refractivity contribution in [2.24, 2.45) is 0 Å². The molecule has 1 aromatic carbocycles. The summed E-state index contributed by atoms with van der Waals surface area (Å²) in [4.78, 5) is 12.7. The second kappa shape index (κ2) is 5.05. The highest BCUT2D eigenvalue weighted by atomic mass is 35.5. The van der Waals surface area contributed by atoms with Crippen LogP contribution >= 0.6 is 11.6 Å². The summed E-state index contributed by atoms with van der Waals surface area (Å²) in [6, 6.07) is 3.68. The first-order chi connectivity index (χ1) is 8.77. The maximum Gasteiger partial charge on any atom is 0.307 e. The van der Waals surface area contributed by atoms with Crippen molar-refractivity contribution >= 4 is 27.7 Å². The Kier molecular flexibility index (Phi) is 3.78. The Balaban J connectivity index is 2.16. The molecule has 0 spiro atoms. The first-order valence-electron chi connectivity index (χ1n) is 5.42. The molecule has 8 heteroatoms. The summed E-state index contributed by atoms with van der Waals surface area (Å²) in [6.07, 6.45) is -0.397. The Morgan fingerprint density at radius 2 is 2.11 bits per heavy atom. The molecule has 2 rings (SSSR count). The number of hydrogen-bond acceptors (Lipinski definition) is 3. The van der Waals surface area contributed by atoms with E-state index < -0.39 is 33.6 Å². The van der Waals surface area contributed by atoms with Crippen molar-refractivity contribution in [3.05, 3.63) is 34.6 Å². The first kappa shape index (κ1) is 14.2. The lowest BCUT2D eigenvalue weighted by atomic mass is 10.2. The largest absolute Gasteiger partial charge is 0.337 e. The molecule has 0 aliphatic carbocycles. The second-order valence-electron chi connectivity index (χ2n) is 4.31. The van der Waals surface area contributed by atoms with Crippen molar-refractivity contribution in [2.75, 3.05) is 6.54 Å². The minimum absolute atomic E-state index is 0.0402. The van der Waals surface area contributed by atoms with Gasteiger partial charge in [-0.2, -0.15) is 8.42 Å². The Morgan fingerprint density at radius 1 is 1.42 bits per heavy atom. The molecule has 1 atom stereocenters. The van der Waals surface area contributed by atoms with Crippen LogP contribution in [0.15, 0.2) is 18.2 Å². The zero-order valence-electron chi connectivity index (χ0n) is 9.64. The van der Waals surface area contributed by atoms with Crippen LogP contribution in [0.1, 0.15) is 12.0 Å². The van der Waals surface area contributed by atoms with Crippen LogP contribution in [0.2, 0.25) is 5.02 Å². The zero-order chi connectivity index (χ0) is 14.2. The summed E-state index contributed by atoms with van der Waals surface area (Å²) in [5.41, 5.74) is 0.354. The van der Waals surface area contributed by atoms with Crippen LogP contribution in [0.5, 0.6) is 0 Å². The molecule has 104 valence electrons. The Hall–Kier alpha value is -1.21. The number of rotatable bonds is 3. The lowest BCUT2D eigenvalue weighted by Crippen LogP contribution is -2.27. The fraction of sp³-hybridized carbons (Fsp3) is 0.364. The summed E-state index contributed by atoms with van der Waals surface area (Å²) in [5.74, 6) is -1.01. The number of amides is 1. The minimum Gasteiger partial charge on any atom is -0.337 e. The molecule has 0 aromatic heterocycles. The summed E-state index contributed by atoms with van der Waals surface area (Å²) in [6.45, 7) is -0.286. The molecule has 0 N–H and O–H groups in total. The van der Waals surface area contributed by atoms with E-state index in [1.807, 2.05) is 0 Å². The highest BCUT2D eigenvalue weighted by Gasteiger charge is 2.38. The number of halogens is 3. The average molecular weight is 310 g/mol. The predicted molar refractivity (Wildman–Crippen MR) is 65.3 cm³/mol. The number of nitrogens with zero attached hydrogens (tertiary/aromatic N) is 1. The van der Waals surface area contributed by atoms with Gasteiger partial charge in [-0.1, -0.05) is 11.6 Å². The van der Waals surface area contributed by atoms with Crippen molar-refractivity contribution in [3.8, 4) is 0 Å². The highest BCUT2D eigenvalue weighted by Crippen LogP contribution is 2.24. The predicted octanol–water partition coefficient (Wildman–Crippen LogP) is 1.88. The smallest absolute Gasteiger partial charge is 0.307 e. The van der Waals surface area contributed by atoms with Gasteiger partial charge in [0, 0.05) is 24.5 Å². The van der Waals surface area contributed by atoms with Gasteiger partial charge in [-0.05, 0) is 23.8 Å². The van der Waals surface area contributed by atoms with E-state index in [2.05, 4.69) is 0 Å². The molecule has 1 aliphatic heterocycles. The van der Waals surface area contributed by atoms with Crippen molar-refractivity contribution in [3.63, 3.8) is 0 Å². The lowest BCUT2D eigenvalue weighted by Gasteiger charge is -2.16. The average Bonchev–Trinajstić information content (AvgIpc) is 2.65. The molecule has 1 saturated heterocycles. The molecule has 0 radical (unpaired) electrons. The third kappa shape index (κ3) is 3.22. The number of hydrogen-bond donors (Lipinski definition) is 0. The van der Waals surface area contributed by atoms with Gasteiger partial charge in [0.15, 0.2) is 0 Å². The van der Waals surface area contributed by atoms with Crippen LogP contribution in [-0.2, 0) is 21.6 Å². The maximum absolute atomic E-state index is 13.1. The van der Waals surface area contributed by atoms with Gasteiger partial charge in [-0.25, -0.2) is 4.39 Å². The van der Waals surface area contributed by atoms with E-state index in [0.29, 0.717) is 5.56 Å². The maximum atomic E-state index is 13.1. The normalized spacial score (nSPS) is 20.1. The van der Waals surface area contributed by atoms with Gasteiger partial charge in [-0.3, -0.25) is 4.79 Å². The van der Waals surface area contributed by atoms with Crippen LogP contribution in [-0.4, -0.2) is 31.0 Å². The molecule has 0 bridgehead atoms. The molecule has 19 heavy (non-hydrogen) atoms. The van der Waals surface area contributed by atoms with Crippen molar-refractivity contribution in [2.45, 2.75) is 18.2 Å². The summed E-state index contributed by atoms with van der Waals surface area (Å²) < 4.78 is 47.4. The van der Waals surface area contributed by atoms with E-state index in [9.17, 15) is 21.5 Å². The minimum atomic E-state index is -4.75. The molecule has 1 aliphatic rings. The third-order valence-electron chi connectivity index (χ3n) is 2.95. The van der Waals surface area contributed by atoms with E-state index in [1.54, 1.807) is 0 Å². The first-order valence-corrected chi connectivity index (χ1v) is 7.25. The fourth-order valence-electron chi connectivity index (χ4n) is 1.95. The van der Waals surface area contributed by atoms with E-state index in [0.717, 1.165) is 11.0 Å². The number of benzene rings is 1. The molecule has 1 aromatic rings. The standard InChI is InChI=1S/C11H10ClF2NO3S/c12-10-2-1-8(13)3-7(10)5-15-6-9(4-11(15)16)19(14,17)18/h1-3,9H,4-6H2. The third-order valence-corrected chi connectivity index (χ3v) is 4.43. The van der Waals surface area contributed by atoms with Gasteiger partial charge in [0.1, 0.15) is 11.1 Å². The number of carbonyl (C=O) groups excluding carboxylic acids is 1. The van der Waals surface area contributed by atoms with Crippen molar-refractivity contribution < 1.29 is 21.5 Å². The van der Waals surface area contributed by atoms with Crippen molar-refractivity contribution in [1.29, 1.82) is 0 Å². The molecule has 1 unspecified atom stereocenters. The Morgan fingerprint density at radius 3 is 2.68 bits per heavy atom. The quantitative estimate of drug-likeness (QED) is 0.801. The number of likely N-dealkylation sites (tertiary alicyclic amines) is 1. The molecule has 4 nitrogen and oxygen atoms in total. The lowest BCUT2D eigenvalue weighted by molar-refractivity contribution is -0.128. The molecule has 1 heterocycles. The monoisotopic (exact) mass is 309 g/mol. The van der Waals surface area contributed by atoms with Gasteiger partial charge in [0.25, 0.3) is 0 Å². The van der Waals surface area contributed by atoms with E-state index >= 15 is 0 Å². The van der Waals surface area contributed by atoms with E-state index in [-0.39, 0.29) is 18.1 Å². The number of carbonyl (C=O) groups is 1. The van der Waals surface area contributed by atoms with Gasteiger partial charge in [-0.15, -0.1) is 3.89 Å². The van der Waals surface area contributed by atoms with Crippen molar-refractivity contribution in [1.82, 2.24) is 4.90 Å². The molecule has 1 amide bonds. The molecular weight excluding hydrogens is 300 g/mol. The topological polar surface area (TPSA) is 54.5 Å². The highest BCUT2D eigenvalue weighted by molar-refractivity contribution is 7.87. The van der Waals surface area contributed by atoms with E-state index in [4.69, 9.17) is 11.6 Å². The van der Waals surface area contributed by atoms with Crippen LogP contribution in [0.25, 0.3) is 0 Å². The molecular formula is C11H10ClF2NO3S. The van der Waals surface area contributed by atoms with Gasteiger partial charge < -0.3 is 4.90 Å². The summed E-state index contributed by atoms with van der Waals surface area (Å²) in [5, 5.41) is -1.09. The fourth-order valence-corrected chi connectivity index (χ4v) is 2.82. The van der Waals surface area contributed by atoms with Gasteiger partial charge in [0.2, 0.25) is 5.91 Å². The summed E-state index contributed by atoms with van der Waals surface area (Å²) in [7, 11) is -4.75. The Bertz CT molecular complexity index is 620. The van der Waals surface area contributed by atoms with E-state index in [1.165, 1.54) is 12.1 Å². The van der Waals surface area contributed by atoms with Gasteiger partial charge >= 0.3 is 10.2 Å².